The highest BCUT2D eigenvalue weighted by molar-refractivity contribution is 9.10. The first-order valence-corrected chi connectivity index (χ1v) is 5.70. The lowest BCUT2D eigenvalue weighted by Gasteiger charge is -2.00. The maximum Gasteiger partial charge on any atom is 0.152 e. The molecule has 2 rings (SSSR count). The first-order valence-electron chi connectivity index (χ1n) is 4.91. The van der Waals surface area contributed by atoms with Crippen LogP contribution in [-0.4, -0.2) is 10.9 Å². The largest absolute Gasteiger partial charge is 0.347 e. The zero-order chi connectivity index (χ0) is 11.0. The van der Waals surface area contributed by atoms with Crippen LogP contribution in [-0.2, 0) is 13.5 Å². The lowest BCUT2D eigenvalue weighted by atomic mass is 10.1. The van der Waals surface area contributed by atoms with Crippen LogP contribution in [0.5, 0.6) is 0 Å². The van der Waals surface area contributed by atoms with Crippen molar-refractivity contribution in [1.82, 2.24) is 4.57 Å². The van der Waals surface area contributed by atoms with Gasteiger partial charge in [0.2, 0.25) is 0 Å². The Kier molecular flexibility index (Phi) is 2.65. The molecule has 0 radical (unpaired) electrons. The van der Waals surface area contributed by atoms with E-state index in [1.54, 1.807) is 0 Å². The van der Waals surface area contributed by atoms with Gasteiger partial charge in [-0.05, 0) is 18.6 Å². The molecule has 0 spiro atoms. The van der Waals surface area contributed by atoms with E-state index in [0.29, 0.717) is 0 Å². The van der Waals surface area contributed by atoms with Gasteiger partial charge in [-0.3, -0.25) is 4.79 Å². The number of hydrogen-bond acceptors (Lipinski definition) is 1. The van der Waals surface area contributed by atoms with Crippen LogP contribution < -0.4 is 0 Å². The van der Waals surface area contributed by atoms with Crippen molar-refractivity contribution in [1.29, 1.82) is 0 Å². The van der Waals surface area contributed by atoms with E-state index >= 15 is 0 Å². The van der Waals surface area contributed by atoms with Gasteiger partial charge in [-0.1, -0.05) is 28.9 Å². The number of nitrogens with zero attached hydrogens (tertiary/aromatic N) is 1. The average Bonchev–Trinajstić information content (AvgIpc) is 2.51. The molecule has 1 aromatic carbocycles. The quantitative estimate of drug-likeness (QED) is 0.764. The highest BCUT2D eigenvalue weighted by Crippen LogP contribution is 2.27. The Morgan fingerprint density at radius 3 is 2.80 bits per heavy atom. The highest BCUT2D eigenvalue weighted by atomic mass is 79.9. The molecule has 2 nitrogen and oxygen atoms in total. The molecule has 0 unspecified atom stereocenters. The first kappa shape index (κ1) is 10.4. The van der Waals surface area contributed by atoms with E-state index in [1.165, 1.54) is 0 Å². The van der Waals surface area contributed by atoms with Gasteiger partial charge in [0.1, 0.15) is 0 Å². The van der Waals surface area contributed by atoms with Crippen LogP contribution in [0, 0.1) is 0 Å². The minimum Gasteiger partial charge on any atom is -0.347 e. The molecule has 0 aliphatic carbocycles. The molecule has 15 heavy (non-hydrogen) atoms. The van der Waals surface area contributed by atoms with Gasteiger partial charge in [0.25, 0.3) is 0 Å². The fourth-order valence-electron chi connectivity index (χ4n) is 2.05. The van der Waals surface area contributed by atoms with Gasteiger partial charge in [-0.2, -0.15) is 0 Å². The molecule has 0 amide bonds. The lowest BCUT2D eigenvalue weighted by Crippen LogP contribution is -1.96. The van der Waals surface area contributed by atoms with Crippen LogP contribution in [0.15, 0.2) is 22.7 Å². The highest BCUT2D eigenvalue weighted by Gasteiger charge is 2.12. The predicted molar refractivity (Wildman–Crippen MR) is 65.4 cm³/mol. The zero-order valence-electron chi connectivity index (χ0n) is 8.75. The van der Waals surface area contributed by atoms with Crippen molar-refractivity contribution >= 4 is 33.1 Å². The van der Waals surface area contributed by atoms with E-state index in [9.17, 15) is 4.79 Å². The van der Waals surface area contributed by atoms with Crippen LogP contribution >= 0.6 is 15.9 Å². The van der Waals surface area contributed by atoms with Crippen molar-refractivity contribution in [2.75, 3.05) is 0 Å². The summed E-state index contributed by atoms with van der Waals surface area (Å²) in [4.78, 5) is 11.1. The van der Waals surface area contributed by atoms with Crippen LogP contribution in [0.4, 0.5) is 0 Å². The van der Waals surface area contributed by atoms with E-state index in [4.69, 9.17) is 0 Å². The summed E-state index contributed by atoms with van der Waals surface area (Å²) in [6, 6.07) is 6.00. The standard InChI is InChI=1S/C12H12BrNO/c1-3-11-10(7-15)9-5-4-8(13)6-12(9)14(11)2/h4-7H,3H2,1-2H3. The Balaban J connectivity index is 2.90. The summed E-state index contributed by atoms with van der Waals surface area (Å²) >= 11 is 3.44. The third-order valence-corrected chi connectivity index (χ3v) is 3.27. The molecule has 0 saturated carbocycles. The monoisotopic (exact) mass is 265 g/mol. The molecular weight excluding hydrogens is 254 g/mol. The maximum atomic E-state index is 11.1. The van der Waals surface area contributed by atoms with E-state index < -0.39 is 0 Å². The van der Waals surface area contributed by atoms with Crippen LogP contribution in [0.25, 0.3) is 10.9 Å². The van der Waals surface area contributed by atoms with Gasteiger partial charge in [0, 0.05) is 33.7 Å². The number of fused-ring (bicyclic) bond motifs is 1. The Bertz CT molecular complexity index is 528. The fraction of sp³-hybridized carbons (Fsp3) is 0.250. The number of aryl methyl sites for hydroxylation is 1. The minimum absolute atomic E-state index is 0.822. The summed E-state index contributed by atoms with van der Waals surface area (Å²) in [7, 11) is 2.00. The normalized spacial score (nSPS) is 10.9. The predicted octanol–water partition coefficient (Wildman–Crippen LogP) is 3.32. The van der Waals surface area contributed by atoms with Crippen LogP contribution in [0.2, 0.25) is 0 Å². The van der Waals surface area contributed by atoms with Gasteiger partial charge in [0.05, 0.1) is 0 Å². The third-order valence-electron chi connectivity index (χ3n) is 2.78. The Morgan fingerprint density at radius 2 is 2.20 bits per heavy atom. The summed E-state index contributed by atoms with van der Waals surface area (Å²) in [6.07, 6.45) is 1.83. The van der Waals surface area contributed by atoms with Gasteiger partial charge in [0.15, 0.2) is 6.29 Å². The summed E-state index contributed by atoms with van der Waals surface area (Å²) in [5.41, 5.74) is 3.02. The molecule has 0 fully saturated rings. The zero-order valence-corrected chi connectivity index (χ0v) is 10.3. The molecule has 78 valence electrons. The molecular formula is C12H12BrNO. The van der Waals surface area contributed by atoms with Gasteiger partial charge in [-0.15, -0.1) is 0 Å². The second-order valence-electron chi connectivity index (χ2n) is 3.55. The number of carbonyl (C=O) groups is 1. The Hall–Kier alpha value is -1.09. The summed E-state index contributed by atoms with van der Waals surface area (Å²) < 4.78 is 3.12. The number of halogens is 1. The summed E-state index contributed by atoms with van der Waals surface area (Å²) in [6.45, 7) is 2.07. The Morgan fingerprint density at radius 1 is 1.47 bits per heavy atom. The first-order chi connectivity index (χ1) is 7.19. The second kappa shape index (κ2) is 3.81. The summed E-state index contributed by atoms with van der Waals surface area (Å²) in [5.74, 6) is 0. The van der Waals surface area contributed by atoms with Crippen molar-refractivity contribution in [2.24, 2.45) is 7.05 Å². The van der Waals surface area contributed by atoms with E-state index in [-0.39, 0.29) is 0 Å². The smallest absolute Gasteiger partial charge is 0.152 e. The number of carbonyl (C=O) groups excluding carboxylic acids is 1. The number of hydrogen-bond donors (Lipinski definition) is 0. The number of aldehydes is 1. The average molecular weight is 266 g/mol. The fourth-order valence-corrected chi connectivity index (χ4v) is 2.40. The van der Waals surface area contributed by atoms with Gasteiger partial charge >= 0.3 is 0 Å². The maximum absolute atomic E-state index is 11.1. The molecule has 3 heteroatoms. The lowest BCUT2D eigenvalue weighted by molar-refractivity contribution is 0.112. The topological polar surface area (TPSA) is 22.0 Å². The van der Waals surface area contributed by atoms with Crippen molar-refractivity contribution in [3.8, 4) is 0 Å². The molecule has 0 saturated heterocycles. The molecule has 1 heterocycles. The van der Waals surface area contributed by atoms with Crippen LogP contribution in [0.3, 0.4) is 0 Å². The molecule has 0 N–H and O–H groups in total. The van der Waals surface area contributed by atoms with Crippen molar-refractivity contribution in [2.45, 2.75) is 13.3 Å². The van der Waals surface area contributed by atoms with E-state index in [0.717, 1.165) is 39.3 Å². The molecule has 0 aliphatic rings. The molecule has 1 aromatic heterocycles. The van der Waals surface area contributed by atoms with Crippen molar-refractivity contribution in [3.63, 3.8) is 0 Å². The van der Waals surface area contributed by atoms with Crippen LogP contribution in [0.1, 0.15) is 23.0 Å². The summed E-state index contributed by atoms with van der Waals surface area (Å²) in [5, 5.41) is 1.03. The Labute approximate surface area is 97.0 Å². The van der Waals surface area contributed by atoms with Crippen molar-refractivity contribution in [3.05, 3.63) is 33.9 Å². The number of benzene rings is 1. The molecule has 2 aromatic rings. The van der Waals surface area contributed by atoms with Gasteiger partial charge in [-0.25, -0.2) is 0 Å². The minimum atomic E-state index is 0.822. The molecule has 0 aliphatic heterocycles. The third kappa shape index (κ3) is 1.51. The second-order valence-corrected chi connectivity index (χ2v) is 4.47. The van der Waals surface area contributed by atoms with Crippen molar-refractivity contribution < 1.29 is 4.79 Å². The number of aromatic nitrogens is 1. The molecule has 0 bridgehead atoms. The molecule has 0 atom stereocenters. The van der Waals surface area contributed by atoms with E-state index in [1.807, 2.05) is 25.2 Å². The van der Waals surface area contributed by atoms with E-state index in [2.05, 4.69) is 27.4 Å². The number of rotatable bonds is 2. The van der Waals surface area contributed by atoms with Gasteiger partial charge < -0.3 is 4.57 Å². The SMILES string of the molecule is CCc1c(C=O)c2ccc(Br)cc2n1C.